The van der Waals surface area contributed by atoms with E-state index in [-0.39, 0.29) is 11.1 Å². The second kappa shape index (κ2) is 4.73. The van der Waals surface area contributed by atoms with Gasteiger partial charge >= 0.3 is 0 Å². The van der Waals surface area contributed by atoms with Crippen LogP contribution in [-0.2, 0) is 0 Å². The zero-order valence-corrected chi connectivity index (χ0v) is 9.28. The van der Waals surface area contributed by atoms with Gasteiger partial charge in [0, 0.05) is 5.56 Å². The molecule has 2 rings (SSSR count). The molecule has 0 N–H and O–H groups in total. The first kappa shape index (κ1) is 13.1. The quantitative estimate of drug-likeness (QED) is 0.416. The number of hydrogen-bond acceptors (Lipinski definition) is 0. The van der Waals surface area contributed by atoms with E-state index in [1.165, 1.54) is 0 Å². The predicted molar refractivity (Wildman–Crippen MR) is 59.6 cm³/mol. The summed E-state index contributed by atoms with van der Waals surface area (Å²) in [4.78, 5) is 0. The van der Waals surface area contributed by atoms with Crippen LogP contribution in [0.1, 0.15) is 5.56 Å². The molecule has 0 atom stereocenters. The highest BCUT2D eigenvalue weighted by Crippen LogP contribution is 2.28. The van der Waals surface area contributed by atoms with E-state index in [1.807, 2.05) is 5.92 Å². The van der Waals surface area contributed by atoms with Gasteiger partial charge in [0.05, 0.1) is 5.56 Å². The Balaban J connectivity index is 2.67. The van der Waals surface area contributed by atoms with E-state index < -0.39 is 34.6 Å². The summed E-state index contributed by atoms with van der Waals surface area (Å²) in [6.07, 6.45) is 4.95. The zero-order chi connectivity index (χ0) is 14.2. The molecular formula is C14H5F5. The van der Waals surface area contributed by atoms with Crippen molar-refractivity contribution >= 4 is 0 Å². The summed E-state index contributed by atoms with van der Waals surface area (Å²) in [5.41, 5.74) is -1.05. The Morgan fingerprint density at radius 3 is 1.89 bits per heavy atom. The van der Waals surface area contributed by atoms with Gasteiger partial charge in [-0.3, -0.25) is 0 Å². The number of halogens is 5. The van der Waals surface area contributed by atoms with Crippen molar-refractivity contribution in [2.75, 3.05) is 0 Å². The third-order valence-corrected chi connectivity index (χ3v) is 2.53. The Kier molecular flexibility index (Phi) is 3.26. The fourth-order valence-corrected chi connectivity index (χ4v) is 1.59. The summed E-state index contributed by atoms with van der Waals surface area (Å²) in [5, 5.41) is 0. The van der Waals surface area contributed by atoms with E-state index in [0.29, 0.717) is 12.1 Å². The van der Waals surface area contributed by atoms with Crippen molar-refractivity contribution in [3.8, 4) is 23.5 Å². The molecule has 19 heavy (non-hydrogen) atoms. The SMILES string of the molecule is C#Cc1ccc(-c2cc(F)c(F)c(F)c2)c(F)c1F. The summed E-state index contributed by atoms with van der Waals surface area (Å²) in [7, 11) is 0. The highest BCUT2D eigenvalue weighted by Gasteiger charge is 2.17. The molecule has 0 aliphatic heterocycles. The standard InChI is InChI=1S/C14H5F5/c1-2-7-3-4-9(13(18)12(7)17)8-5-10(15)14(19)11(16)6-8/h1,3-6H. The summed E-state index contributed by atoms with van der Waals surface area (Å²) in [6.45, 7) is 0. The zero-order valence-electron chi connectivity index (χ0n) is 9.28. The predicted octanol–water partition coefficient (Wildman–Crippen LogP) is 4.03. The third kappa shape index (κ3) is 2.17. The molecule has 0 bridgehead atoms. The first-order chi connectivity index (χ1) is 8.95. The lowest BCUT2D eigenvalue weighted by molar-refractivity contribution is 0.447. The summed E-state index contributed by atoms with van der Waals surface area (Å²) < 4.78 is 66.0. The van der Waals surface area contributed by atoms with E-state index in [9.17, 15) is 22.0 Å². The van der Waals surface area contributed by atoms with Crippen LogP contribution in [0.15, 0.2) is 24.3 Å². The Bertz CT molecular complexity index is 675. The minimum absolute atomic E-state index is 0.315. The number of rotatable bonds is 1. The molecule has 0 heterocycles. The number of terminal acetylenes is 1. The largest absolute Gasteiger partial charge is 0.204 e. The van der Waals surface area contributed by atoms with Crippen LogP contribution in [0.5, 0.6) is 0 Å². The Morgan fingerprint density at radius 1 is 0.789 bits per heavy atom. The fourth-order valence-electron chi connectivity index (χ4n) is 1.59. The van der Waals surface area contributed by atoms with Gasteiger partial charge < -0.3 is 0 Å². The fraction of sp³-hybridized carbons (Fsp3) is 0. The minimum Gasteiger partial charge on any atom is -0.204 e. The van der Waals surface area contributed by atoms with Gasteiger partial charge in [0.1, 0.15) is 0 Å². The first-order valence-electron chi connectivity index (χ1n) is 5.05. The summed E-state index contributed by atoms with van der Waals surface area (Å²) in [6, 6.07) is 3.31. The maximum Gasteiger partial charge on any atom is 0.194 e. The molecule has 2 aromatic rings. The smallest absolute Gasteiger partial charge is 0.194 e. The summed E-state index contributed by atoms with van der Waals surface area (Å²) >= 11 is 0. The Morgan fingerprint density at radius 2 is 1.37 bits per heavy atom. The molecule has 5 heteroatoms. The highest BCUT2D eigenvalue weighted by molar-refractivity contribution is 5.65. The molecule has 96 valence electrons. The molecule has 2 aromatic carbocycles. The molecule has 0 radical (unpaired) electrons. The average Bonchev–Trinajstić information content (AvgIpc) is 2.38. The monoisotopic (exact) mass is 268 g/mol. The molecule has 0 saturated carbocycles. The van der Waals surface area contributed by atoms with Crippen LogP contribution in [0.2, 0.25) is 0 Å². The second-order valence-corrected chi connectivity index (χ2v) is 3.69. The maximum atomic E-state index is 13.7. The average molecular weight is 268 g/mol. The van der Waals surface area contributed by atoms with Crippen molar-refractivity contribution < 1.29 is 22.0 Å². The van der Waals surface area contributed by atoms with E-state index in [0.717, 1.165) is 12.1 Å². The van der Waals surface area contributed by atoms with Gasteiger partial charge in [-0.25, -0.2) is 22.0 Å². The van der Waals surface area contributed by atoms with E-state index in [1.54, 1.807) is 0 Å². The van der Waals surface area contributed by atoms with E-state index >= 15 is 0 Å². The molecule has 0 unspecified atom stereocenters. The van der Waals surface area contributed by atoms with Gasteiger partial charge in [-0.15, -0.1) is 6.42 Å². The van der Waals surface area contributed by atoms with Crippen molar-refractivity contribution in [2.45, 2.75) is 0 Å². The number of hydrogen-bond donors (Lipinski definition) is 0. The molecule has 0 fully saturated rings. The van der Waals surface area contributed by atoms with Crippen molar-refractivity contribution in [3.05, 3.63) is 58.9 Å². The highest BCUT2D eigenvalue weighted by atomic mass is 19.2. The lowest BCUT2D eigenvalue weighted by atomic mass is 10.0. The van der Waals surface area contributed by atoms with Crippen LogP contribution < -0.4 is 0 Å². The minimum atomic E-state index is -1.68. The molecule has 0 aliphatic rings. The third-order valence-electron chi connectivity index (χ3n) is 2.53. The normalized spacial score (nSPS) is 10.3. The Labute approximate surface area is 105 Å². The van der Waals surface area contributed by atoms with Gasteiger partial charge in [-0.2, -0.15) is 0 Å². The van der Waals surface area contributed by atoms with Gasteiger partial charge in [0.15, 0.2) is 29.1 Å². The van der Waals surface area contributed by atoms with Crippen LogP contribution >= 0.6 is 0 Å². The van der Waals surface area contributed by atoms with Crippen LogP contribution in [0, 0.1) is 41.4 Å². The lowest BCUT2D eigenvalue weighted by Crippen LogP contribution is -1.97. The van der Waals surface area contributed by atoms with Crippen molar-refractivity contribution in [1.82, 2.24) is 0 Å². The molecule has 0 spiro atoms. The first-order valence-corrected chi connectivity index (χ1v) is 5.05. The lowest BCUT2D eigenvalue weighted by Gasteiger charge is -2.07. The Hall–Kier alpha value is -2.35. The molecule has 0 nitrogen and oxygen atoms in total. The van der Waals surface area contributed by atoms with Crippen molar-refractivity contribution in [3.63, 3.8) is 0 Å². The van der Waals surface area contributed by atoms with Crippen LogP contribution in [0.3, 0.4) is 0 Å². The molecule has 0 saturated heterocycles. The van der Waals surface area contributed by atoms with Crippen molar-refractivity contribution in [2.24, 2.45) is 0 Å². The van der Waals surface area contributed by atoms with E-state index in [4.69, 9.17) is 6.42 Å². The van der Waals surface area contributed by atoms with Crippen LogP contribution in [0.4, 0.5) is 22.0 Å². The van der Waals surface area contributed by atoms with Gasteiger partial charge in [0.2, 0.25) is 0 Å². The molecule has 0 aliphatic carbocycles. The summed E-state index contributed by atoms with van der Waals surface area (Å²) in [5.74, 6) is -5.38. The van der Waals surface area contributed by atoms with Gasteiger partial charge in [0.25, 0.3) is 0 Å². The molecule has 0 aromatic heterocycles. The molecular weight excluding hydrogens is 263 g/mol. The van der Waals surface area contributed by atoms with Gasteiger partial charge in [-0.1, -0.05) is 5.92 Å². The maximum absolute atomic E-state index is 13.7. The number of benzene rings is 2. The van der Waals surface area contributed by atoms with Gasteiger partial charge in [-0.05, 0) is 29.8 Å². The second-order valence-electron chi connectivity index (χ2n) is 3.69. The molecule has 0 amide bonds. The van der Waals surface area contributed by atoms with Crippen LogP contribution in [0.25, 0.3) is 11.1 Å². The van der Waals surface area contributed by atoms with Crippen LogP contribution in [-0.4, -0.2) is 0 Å². The van der Waals surface area contributed by atoms with E-state index in [2.05, 4.69) is 0 Å². The topological polar surface area (TPSA) is 0 Å². The van der Waals surface area contributed by atoms with Crippen molar-refractivity contribution in [1.29, 1.82) is 0 Å².